The zero-order valence-corrected chi connectivity index (χ0v) is 8.67. The van der Waals surface area contributed by atoms with Crippen LogP contribution in [0.15, 0.2) is 30.3 Å². The Kier molecular flexibility index (Phi) is 2.95. The van der Waals surface area contributed by atoms with Crippen molar-refractivity contribution in [2.24, 2.45) is 0 Å². The summed E-state index contributed by atoms with van der Waals surface area (Å²) in [6.45, 7) is 0. The molecule has 0 atom stereocenters. The highest BCUT2D eigenvalue weighted by Crippen LogP contribution is 2.23. The third-order valence-corrected chi connectivity index (χ3v) is 3.65. The van der Waals surface area contributed by atoms with Gasteiger partial charge in [-0.3, -0.25) is 0 Å². The lowest BCUT2D eigenvalue weighted by atomic mass is 10.3. The summed E-state index contributed by atoms with van der Waals surface area (Å²) < 4.78 is 65.8. The molecule has 0 aliphatic rings. The van der Waals surface area contributed by atoms with Gasteiger partial charge >= 0.3 is 20.8 Å². The molecule has 0 N–H and O–H groups in total. The monoisotopic (exact) mass is 257 g/mol. The Morgan fingerprint density at radius 3 is 1.60 bits per heavy atom. The third-order valence-electron chi connectivity index (χ3n) is 1.36. The fourth-order valence-corrected chi connectivity index (χ4v) is 2.51. The normalized spacial score (nSPS) is 12.4. The summed E-state index contributed by atoms with van der Waals surface area (Å²) in [5.41, 5.74) is -0.637. The summed E-state index contributed by atoms with van der Waals surface area (Å²) in [5.74, 6) is 0. The molecule has 0 unspecified atom stereocenters. The maximum absolute atomic E-state index is 12.5. The van der Waals surface area contributed by atoms with Crippen LogP contribution in [-0.4, -0.2) is 16.8 Å². The minimum atomic E-state index is -5.71. The van der Waals surface area contributed by atoms with Gasteiger partial charge in [0.25, 0.3) is 0 Å². The van der Waals surface area contributed by atoms with Crippen molar-refractivity contribution in [2.45, 2.75) is 0 Å². The highest BCUT2D eigenvalue weighted by molar-refractivity contribution is 8.05. The van der Waals surface area contributed by atoms with Crippen molar-refractivity contribution in [1.82, 2.24) is 0 Å². The van der Waals surface area contributed by atoms with Gasteiger partial charge < -0.3 is 0 Å². The number of nitrogens with zero attached hydrogens (tertiary/aromatic N) is 1. The fraction of sp³-hybridized carbons (Fsp3) is 0. The summed E-state index contributed by atoms with van der Waals surface area (Å²) in [6.07, 6.45) is 0. The van der Waals surface area contributed by atoms with Gasteiger partial charge in [-0.15, -0.1) is 3.71 Å². The van der Waals surface area contributed by atoms with E-state index in [-0.39, 0.29) is 0 Å². The Morgan fingerprint density at radius 1 is 0.867 bits per heavy atom. The molecule has 15 heavy (non-hydrogen) atoms. The summed E-state index contributed by atoms with van der Waals surface area (Å²) in [7, 11) is -11.4. The number of benzene rings is 1. The predicted molar refractivity (Wildman–Crippen MR) is 49.0 cm³/mol. The molecule has 1 rings (SSSR count). The van der Waals surface area contributed by atoms with Crippen LogP contribution in [0.3, 0.4) is 0 Å². The van der Waals surface area contributed by atoms with Crippen LogP contribution in [0.4, 0.5) is 13.5 Å². The van der Waals surface area contributed by atoms with Crippen LogP contribution >= 0.6 is 0 Å². The molecule has 0 bridgehead atoms. The third kappa shape index (κ3) is 2.86. The second-order valence-electron chi connectivity index (χ2n) is 2.42. The molecule has 0 saturated heterocycles. The summed E-state index contributed by atoms with van der Waals surface area (Å²) in [4.78, 5) is 0. The first-order valence-electron chi connectivity index (χ1n) is 3.47. The number of rotatable bonds is 3. The Morgan fingerprint density at radius 2 is 1.27 bits per heavy atom. The number of halogens is 2. The van der Waals surface area contributed by atoms with E-state index in [0.717, 1.165) is 12.1 Å². The molecular formula is C6H5F2NO4S2. The zero-order chi connectivity index (χ0) is 11.7. The Hall–Kier alpha value is -1.22. The first-order valence-corrected chi connectivity index (χ1v) is 6.16. The van der Waals surface area contributed by atoms with Gasteiger partial charge in [-0.05, 0) is 12.1 Å². The Bertz CT molecular complexity index is 508. The average Bonchev–Trinajstić information content (AvgIpc) is 2.00. The number of hydrogen-bond acceptors (Lipinski definition) is 4. The molecule has 0 radical (unpaired) electrons. The van der Waals surface area contributed by atoms with E-state index >= 15 is 0 Å². The largest absolute Gasteiger partial charge is 0.414 e. The van der Waals surface area contributed by atoms with Crippen LogP contribution in [0.1, 0.15) is 0 Å². The van der Waals surface area contributed by atoms with E-state index in [4.69, 9.17) is 0 Å². The van der Waals surface area contributed by atoms with Crippen LogP contribution in [0, 0.1) is 0 Å². The van der Waals surface area contributed by atoms with Gasteiger partial charge in [0.05, 0.1) is 5.69 Å². The molecule has 0 aromatic heterocycles. The molecule has 0 saturated carbocycles. The van der Waals surface area contributed by atoms with Crippen LogP contribution in [0.25, 0.3) is 0 Å². The lowest BCUT2D eigenvalue weighted by Crippen LogP contribution is -2.31. The Labute approximate surface area is 85.6 Å². The minimum Gasteiger partial charge on any atom is -0.170 e. The van der Waals surface area contributed by atoms with Crippen LogP contribution in [0.2, 0.25) is 0 Å². The first kappa shape index (κ1) is 11.9. The smallest absolute Gasteiger partial charge is 0.170 e. The van der Waals surface area contributed by atoms with Gasteiger partial charge in [0, 0.05) is 0 Å². The quantitative estimate of drug-likeness (QED) is 0.755. The van der Waals surface area contributed by atoms with Crippen LogP contribution in [-0.2, 0) is 20.8 Å². The van der Waals surface area contributed by atoms with E-state index in [9.17, 15) is 24.6 Å². The average molecular weight is 257 g/mol. The van der Waals surface area contributed by atoms with Crippen molar-refractivity contribution in [3.05, 3.63) is 30.3 Å². The molecule has 9 heteroatoms. The predicted octanol–water partition coefficient (Wildman–Crippen LogP) is 0.922. The van der Waals surface area contributed by atoms with Crippen molar-refractivity contribution < 1.29 is 24.6 Å². The highest BCUT2D eigenvalue weighted by Gasteiger charge is 2.34. The second-order valence-corrected chi connectivity index (χ2v) is 5.03. The molecule has 84 valence electrons. The SMILES string of the molecule is O=S(=O)(F)N(c1ccccc1)S(=O)(=O)F. The lowest BCUT2D eigenvalue weighted by molar-refractivity contribution is 0.536. The van der Waals surface area contributed by atoms with E-state index in [1.807, 2.05) is 0 Å². The van der Waals surface area contributed by atoms with Gasteiger partial charge in [0.15, 0.2) is 0 Å². The number of anilines is 1. The van der Waals surface area contributed by atoms with E-state index < -0.39 is 30.2 Å². The van der Waals surface area contributed by atoms with Crippen LogP contribution in [0.5, 0.6) is 0 Å². The maximum atomic E-state index is 12.5. The van der Waals surface area contributed by atoms with E-state index in [1.54, 1.807) is 0 Å². The zero-order valence-electron chi connectivity index (χ0n) is 7.04. The van der Waals surface area contributed by atoms with Gasteiger partial charge in [-0.2, -0.15) is 16.8 Å². The molecule has 0 aliphatic heterocycles. The Balaban J connectivity index is 3.41. The number of para-hydroxylation sites is 1. The summed E-state index contributed by atoms with van der Waals surface area (Å²) >= 11 is 0. The first-order chi connectivity index (χ1) is 6.73. The molecule has 5 nitrogen and oxygen atoms in total. The molecule has 0 spiro atoms. The standard InChI is InChI=1S/C6H5F2NO4S2/c7-14(10,11)9(15(8,12)13)6-4-2-1-3-5-6/h1-5H. The van der Waals surface area contributed by atoms with Crippen molar-refractivity contribution in [3.8, 4) is 0 Å². The van der Waals surface area contributed by atoms with E-state index in [1.165, 1.54) is 18.2 Å². The maximum Gasteiger partial charge on any atom is 0.414 e. The molecule has 1 aromatic rings. The summed E-state index contributed by atoms with van der Waals surface area (Å²) in [6, 6.07) is 5.78. The van der Waals surface area contributed by atoms with Gasteiger partial charge in [-0.1, -0.05) is 26.0 Å². The minimum absolute atomic E-state index is 0.637. The molecule has 0 heterocycles. The van der Waals surface area contributed by atoms with Gasteiger partial charge in [0.1, 0.15) is 0 Å². The molecule has 1 aromatic carbocycles. The molecule has 0 amide bonds. The fourth-order valence-electron chi connectivity index (χ4n) is 0.908. The summed E-state index contributed by atoms with van der Waals surface area (Å²) in [5, 5.41) is 0. The molecular weight excluding hydrogens is 252 g/mol. The highest BCUT2D eigenvalue weighted by atomic mass is 32.3. The van der Waals surface area contributed by atoms with Gasteiger partial charge in [0.2, 0.25) is 0 Å². The van der Waals surface area contributed by atoms with Crippen molar-refractivity contribution in [1.29, 1.82) is 0 Å². The van der Waals surface area contributed by atoms with E-state index in [2.05, 4.69) is 0 Å². The second kappa shape index (κ2) is 3.74. The van der Waals surface area contributed by atoms with E-state index in [0.29, 0.717) is 0 Å². The van der Waals surface area contributed by atoms with Gasteiger partial charge in [-0.25, -0.2) is 0 Å². The topological polar surface area (TPSA) is 71.5 Å². The van der Waals surface area contributed by atoms with Crippen molar-refractivity contribution >= 4 is 26.5 Å². The van der Waals surface area contributed by atoms with Crippen LogP contribution < -0.4 is 3.71 Å². The van der Waals surface area contributed by atoms with Crippen molar-refractivity contribution in [2.75, 3.05) is 3.71 Å². The molecule has 0 fully saturated rings. The molecule has 0 aliphatic carbocycles. The lowest BCUT2D eigenvalue weighted by Gasteiger charge is -2.13. The van der Waals surface area contributed by atoms with Crippen molar-refractivity contribution in [3.63, 3.8) is 0 Å². The number of hydrogen-bond donors (Lipinski definition) is 0.